The van der Waals surface area contributed by atoms with Gasteiger partial charge in [-0.15, -0.1) is 0 Å². The molecule has 0 aromatic heterocycles. The third-order valence-corrected chi connectivity index (χ3v) is 3.67. The summed E-state index contributed by atoms with van der Waals surface area (Å²) >= 11 is 0. The SMILES string of the molecule is O=C1c2ccccc2C(=O)N1N(Cc1ccccc1)C(=O)C(F)(F)F. The van der Waals surface area contributed by atoms with Crippen molar-refractivity contribution in [1.82, 2.24) is 10.0 Å². The van der Waals surface area contributed by atoms with Crippen molar-refractivity contribution in [2.75, 3.05) is 0 Å². The molecule has 5 nitrogen and oxygen atoms in total. The summed E-state index contributed by atoms with van der Waals surface area (Å²) in [6.45, 7) is -0.565. The van der Waals surface area contributed by atoms with Gasteiger partial charge in [0.25, 0.3) is 11.8 Å². The van der Waals surface area contributed by atoms with Crippen LogP contribution in [0.15, 0.2) is 54.6 Å². The van der Waals surface area contributed by atoms with E-state index in [-0.39, 0.29) is 21.1 Å². The van der Waals surface area contributed by atoms with E-state index in [1.807, 2.05) is 0 Å². The molecule has 25 heavy (non-hydrogen) atoms. The number of hydrogen-bond donors (Lipinski definition) is 0. The lowest BCUT2D eigenvalue weighted by molar-refractivity contribution is -0.196. The number of rotatable bonds is 3. The topological polar surface area (TPSA) is 57.7 Å². The fraction of sp³-hybridized carbons (Fsp3) is 0.118. The Hall–Kier alpha value is -3.16. The summed E-state index contributed by atoms with van der Waals surface area (Å²) in [6, 6.07) is 13.4. The molecule has 0 N–H and O–H groups in total. The molecule has 0 fully saturated rings. The summed E-state index contributed by atoms with van der Waals surface area (Å²) in [7, 11) is 0. The van der Waals surface area contributed by atoms with Crippen molar-refractivity contribution in [3.05, 3.63) is 71.3 Å². The van der Waals surface area contributed by atoms with Crippen LogP contribution in [0.1, 0.15) is 26.3 Å². The van der Waals surface area contributed by atoms with Crippen molar-refractivity contribution < 1.29 is 27.6 Å². The molecule has 3 rings (SSSR count). The zero-order valence-electron chi connectivity index (χ0n) is 12.7. The van der Waals surface area contributed by atoms with Crippen LogP contribution in [-0.2, 0) is 11.3 Å². The highest BCUT2D eigenvalue weighted by molar-refractivity contribution is 6.21. The van der Waals surface area contributed by atoms with Crippen LogP contribution >= 0.6 is 0 Å². The van der Waals surface area contributed by atoms with Crippen LogP contribution in [0.5, 0.6) is 0 Å². The normalized spacial score (nSPS) is 13.8. The first kappa shape index (κ1) is 16.7. The van der Waals surface area contributed by atoms with Gasteiger partial charge >= 0.3 is 12.1 Å². The molecule has 0 saturated carbocycles. The zero-order chi connectivity index (χ0) is 18.2. The summed E-state index contributed by atoms with van der Waals surface area (Å²) in [4.78, 5) is 36.7. The molecule has 0 saturated heterocycles. The van der Waals surface area contributed by atoms with Crippen LogP contribution in [0.25, 0.3) is 0 Å². The first-order valence-corrected chi connectivity index (χ1v) is 7.21. The second-order valence-electron chi connectivity index (χ2n) is 5.31. The second kappa shape index (κ2) is 6.04. The van der Waals surface area contributed by atoms with Crippen molar-refractivity contribution in [3.8, 4) is 0 Å². The number of hydrazine groups is 1. The van der Waals surface area contributed by atoms with Gasteiger partial charge in [-0.05, 0) is 17.7 Å². The highest BCUT2D eigenvalue weighted by atomic mass is 19.4. The van der Waals surface area contributed by atoms with Crippen LogP contribution in [0.2, 0.25) is 0 Å². The molecule has 0 bridgehead atoms. The minimum atomic E-state index is -5.23. The molecule has 128 valence electrons. The number of benzene rings is 2. The molecule has 1 aliphatic rings. The van der Waals surface area contributed by atoms with Crippen LogP contribution in [0.4, 0.5) is 13.2 Å². The van der Waals surface area contributed by atoms with Crippen molar-refractivity contribution in [2.45, 2.75) is 12.7 Å². The van der Waals surface area contributed by atoms with E-state index in [9.17, 15) is 27.6 Å². The van der Waals surface area contributed by atoms with E-state index in [2.05, 4.69) is 0 Å². The van der Waals surface area contributed by atoms with Gasteiger partial charge in [-0.2, -0.15) is 18.2 Å². The van der Waals surface area contributed by atoms with E-state index < -0.39 is 30.4 Å². The maximum atomic E-state index is 13.0. The van der Waals surface area contributed by atoms with E-state index in [4.69, 9.17) is 0 Å². The molecule has 0 unspecified atom stereocenters. The van der Waals surface area contributed by atoms with Gasteiger partial charge in [-0.3, -0.25) is 14.4 Å². The number of imide groups is 1. The van der Waals surface area contributed by atoms with E-state index >= 15 is 0 Å². The second-order valence-corrected chi connectivity index (χ2v) is 5.31. The van der Waals surface area contributed by atoms with E-state index in [0.717, 1.165) is 0 Å². The number of hydrogen-bond acceptors (Lipinski definition) is 3. The smallest absolute Gasteiger partial charge is 0.267 e. The fourth-order valence-electron chi connectivity index (χ4n) is 2.53. The molecule has 0 radical (unpaired) electrons. The third kappa shape index (κ3) is 2.98. The number of carbonyl (C=O) groups excluding carboxylic acids is 3. The summed E-state index contributed by atoms with van der Waals surface area (Å²) in [6.07, 6.45) is -5.23. The van der Waals surface area contributed by atoms with Crippen LogP contribution in [-0.4, -0.2) is 33.9 Å². The lowest BCUT2D eigenvalue weighted by Gasteiger charge is -2.30. The molecule has 2 aromatic rings. The van der Waals surface area contributed by atoms with E-state index in [1.165, 1.54) is 36.4 Å². The van der Waals surface area contributed by atoms with Gasteiger partial charge in [0.1, 0.15) is 0 Å². The average molecular weight is 348 g/mol. The third-order valence-electron chi connectivity index (χ3n) is 3.67. The minimum absolute atomic E-state index is 0.0412. The van der Waals surface area contributed by atoms with Crippen LogP contribution in [0.3, 0.4) is 0 Å². The van der Waals surface area contributed by atoms with Crippen molar-refractivity contribution in [1.29, 1.82) is 0 Å². The van der Waals surface area contributed by atoms with Crippen LogP contribution in [0, 0.1) is 0 Å². The average Bonchev–Trinajstić information content (AvgIpc) is 2.84. The van der Waals surface area contributed by atoms with Gasteiger partial charge in [0.2, 0.25) is 0 Å². The highest BCUT2D eigenvalue weighted by Crippen LogP contribution is 2.28. The first-order valence-electron chi connectivity index (χ1n) is 7.21. The van der Waals surface area contributed by atoms with Crippen molar-refractivity contribution >= 4 is 17.7 Å². The number of nitrogens with zero attached hydrogens (tertiary/aromatic N) is 2. The summed E-state index contributed by atoms with van der Waals surface area (Å²) < 4.78 is 39.0. The zero-order valence-corrected chi connectivity index (χ0v) is 12.7. The Bertz CT molecular complexity index is 815. The quantitative estimate of drug-likeness (QED) is 0.802. The largest absolute Gasteiger partial charge is 0.473 e. The van der Waals surface area contributed by atoms with Gasteiger partial charge in [0.15, 0.2) is 0 Å². The molecule has 8 heteroatoms. The molecular formula is C17H11F3N2O3. The first-order chi connectivity index (χ1) is 11.8. The van der Waals surface area contributed by atoms with Gasteiger partial charge < -0.3 is 0 Å². The lowest BCUT2D eigenvalue weighted by atomic mass is 10.1. The van der Waals surface area contributed by atoms with Crippen molar-refractivity contribution in [3.63, 3.8) is 0 Å². The Labute approximate surface area is 140 Å². The minimum Gasteiger partial charge on any atom is -0.267 e. The fourth-order valence-corrected chi connectivity index (χ4v) is 2.53. The maximum Gasteiger partial charge on any atom is 0.473 e. The summed E-state index contributed by atoms with van der Waals surface area (Å²) in [5, 5.41) is 0.396. The molecule has 3 amide bonds. The number of carbonyl (C=O) groups is 3. The number of amides is 3. The molecule has 0 aliphatic carbocycles. The molecular weight excluding hydrogens is 337 g/mol. The molecule has 1 aliphatic heterocycles. The predicted molar refractivity (Wildman–Crippen MR) is 80.0 cm³/mol. The standard InChI is InChI=1S/C17H11F3N2O3/c18-17(19,20)16(25)21(10-11-6-2-1-3-7-11)22-14(23)12-8-4-5-9-13(12)15(22)24/h1-9H,10H2. The molecule has 0 atom stereocenters. The number of fused-ring (bicyclic) bond motifs is 1. The van der Waals surface area contributed by atoms with Crippen LogP contribution < -0.4 is 0 Å². The van der Waals surface area contributed by atoms with Gasteiger partial charge in [0.05, 0.1) is 17.7 Å². The molecule has 1 heterocycles. The Morgan fingerprint density at radius 1 is 0.880 bits per heavy atom. The van der Waals surface area contributed by atoms with E-state index in [0.29, 0.717) is 5.56 Å². The van der Waals surface area contributed by atoms with E-state index in [1.54, 1.807) is 18.2 Å². The maximum absolute atomic E-state index is 13.0. The summed E-state index contributed by atoms with van der Waals surface area (Å²) in [5.41, 5.74) is 0.262. The molecule has 2 aromatic carbocycles. The monoisotopic (exact) mass is 348 g/mol. The Morgan fingerprint density at radius 3 is 1.84 bits per heavy atom. The lowest BCUT2D eigenvalue weighted by Crippen LogP contribution is -2.53. The summed E-state index contributed by atoms with van der Waals surface area (Å²) in [5.74, 6) is -4.21. The predicted octanol–water partition coefficient (Wildman–Crippen LogP) is 2.79. The van der Waals surface area contributed by atoms with Gasteiger partial charge in [-0.1, -0.05) is 42.5 Å². The number of alkyl halides is 3. The number of halogens is 3. The van der Waals surface area contributed by atoms with Gasteiger partial charge in [0, 0.05) is 0 Å². The molecule has 0 spiro atoms. The van der Waals surface area contributed by atoms with Gasteiger partial charge in [-0.25, -0.2) is 5.01 Å². The Morgan fingerprint density at radius 2 is 1.36 bits per heavy atom. The Balaban J connectivity index is 2.02. The Kier molecular flexibility index (Phi) is 4.03. The highest BCUT2D eigenvalue weighted by Gasteiger charge is 2.49. The van der Waals surface area contributed by atoms with Crippen molar-refractivity contribution in [2.24, 2.45) is 0 Å².